The lowest BCUT2D eigenvalue weighted by atomic mass is 9.68. The van der Waals surface area contributed by atoms with Gasteiger partial charge >= 0.3 is 0 Å². The van der Waals surface area contributed by atoms with E-state index in [0.29, 0.717) is 50.9 Å². The summed E-state index contributed by atoms with van der Waals surface area (Å²) in [6.45, 7) is 11.2. The highest BCUT2D eigenvalue weighted by molar-refractivity contribution is 5.77. The molecule has 0 aromatic heterocycles. The molecule has 1 aliphatic carbocycles. The first-order chi connectivity index (χ1) is 20.5. The number of rotatable bonds is 26. The van der Waals surface area contributed by atoms with E-state index in [9.17, 15) is 9.59 Å². The molecule has 4 atom stereocenters. The van der Waals surface area contributed by atoms with Gasteiger partial charge in [0.15, 0.2) is 0 Å². The Balaban J connectivity index is 3.39. The molecule has 4 unspecified atom stereocenters. The minimum Gasteiger partial charge on any atom is -0.338 e. The number of unbranched alkanes of at least 4 members (excludes halogenated alkanes) is 12. The van der Waals surface area contributed by atoms with Gasteiger partial charge in [-0.05, 0) is 44.4 Å². The summed E-state index contributed by atoms with van der Waals surface area (Å²) in [5, 5.41) is 0. The molecule has 1 saturated carbocycles. The predicted octanol–water partition coefficient (Wildman–Crippen LogP) is 8.21. The SMILES string of the molecule is CCCCCCC(=O)N(CCN)C1CCC(CCCCCC)C(N(CCN)C(=O)CCCCCC)C1CCCCCC. The van der Waals surface area contributed by atoms with Crippen LogP contribution in [-0.2, 0) is 9.59 Å². The molecule has 1 rings (SSSR count). The minimum absolute atomic E-state index is 0.166. The molecule has 4 N–H and O–H groups in total. The maximum atomic E-state index is 13.9. The van der Waals surface area contributed by atoms with Crippen LogP contribution < -0.4 is 11.5 Å². The number of nitrogens with zero attached hydrogens (tertiary/aromatic N) is 2. The van der Waals surface area contributed by atoms with Crippen LogP contribution in [0, 0.1) is 11.8 Å². The van der Waals surface area contributed by atoms with Crippen LogP contribution in [0.3, 0.4) is 0 Å². The van der Waals surface area contributed by atoms with Crippen LogP contribution in [-0.4, -0.2) is 59.9 Å². The first kappa shape index (κ1) is 38.9. The van der Waals surface area contributed by atoms with Crippen molar-refractivity contribution in [3.8, 4) is 0 Å². The molecule has 1 aliphatic rings. The van der Waals surface area contributed by atoms with E-state index in [1.165, 1.54) is 77.0 Å². The average molecular weight is 593 g/mol. The van der Waals surface area contributed by atoms with Gasteiger partial charge in [-0.2, -0.15) is 0 Å². The van der Waals surface area contributed by atoms with E-state index in [-0.39, 0.29) is 23.9 Å². The Kier molecular flexibility index (Phi) is 23.3. The van der Waals surface area contributed by atoms with Crippen molar-refractivity contribution in [2.75, 3.05) is 26.2 Å². The van der Waals surface area contributed by atoms with Gasteiger partial charge < -0.3 is 21.3 Å². The number of carbonyl (C=O) groups is 2. The van der Waals surface area contributed by atoms with E-state index in [4.69, 9.17) is 11.5 Å². The summed E-state index contributed by atoms with van der Waals surface area (Å²) >= 11 is 0. The summed E-state index contributed by atoms with van der Waals surface area (Å²) in [5.41, 5.74) is 12.4. The van der Waals surface area contributed by atoms with Crippen molar-refractivity contribution in [3.05, 3.63) is 0 Å². The predicted molar refractivity (Wildman–Crippen MR) is 180 cm³/mol. The summed E-state index contributed by atoms with van der Waals surface area (Å²) in [7, 11) is 0. The normalized spacial score (nSPS) is 20.5. The van der Waals surface area contributed by atoms with Gasteiger partial charge in [-0.3, -0.25) is 9.59 Å². The highest BCUT2D eigenvalue weighted by Gasteiger charge is 2.45. The molecule has 0 aromatic rings. The molecule has 2 amide bonds. The van der Waals surface area contributed by atoms with E-state index in [0.717, 1.165) is 51.4 Å². The van der Waals surface area contributed by atoms with E-state index in [1.807, 2.05) is 0 Å². The smallest absolute Gasteiger partial charge is 0.222 e. The van der Waals surface area contributed by atoms with Crippen molar-refractivity contribution >= 4 is 11.8 Å². The van der Waals surface area contributed by atoms with Gasteiger partial charge in [0.2, 0.25) is 11.8 Å². The largest absolute Gasteiger partial charge is 0.338 e. The highest BCUT2D eigenvalue weighted by Crippen LogP contribution is 2.42. The van der Waals surface area contributed by atoms with Crippen molar-refractivity contribution in [2.24, 2.45) is 23.3 Å². The second-order valence-corrected chi connectivity index (χ2v) is 13.1. The van der Waals surface area contributed by atoms with Crippen LogP contribution in [0.4, 0.5) is 0 Å². The van der Waals surface area contributed by atoms with Crippen molar-refractivity contribution in [2.45, 2.75) is 181 Å². The zero-order valence-corrected chi connectivity index (χ0v) is 28.6. The second-order valence-electron chi connectivity index (χ2n) is 13.1. The Morgan fingerprint density at radius 3 is 1.52 bits per heavy atom. The van der Waals surface area contributed by atoms with Crippen LogP contribution >= 0.6 is 0 Å². The number of hydrogen-bond donors (Lipinski definition) is 2. The molecule has 1 fully saturated rings. The standard InChI is InChI=1S/C36H72N4O2/c1-5-9-13-17-21-31-25-26-33(39(29-27-37)34(41)23-19-15-11-7-3)32(22-18-14-10-6-2)36(31)40(30-28-38)35(42)24-20-16-12-8-4/h31-33,36H,5-30,37-38H2,1-4H3. The zero-order chi connectivity index (χ0) is 31.0. The average Bonchev–Trinajstić information content (AvgIpc) is 2.99. The van der Waals surface area contributed by atoms with Crippen molar-refractivity contribution in [1.82, 2.24) is 9.80 Å². The molecule has 248 valence electrons. The maximum absolute atomic E-state index is 13.9. The molecule has 6 heteroatoms. The summed E-state index contributed by atoms with van der Waals surface area (Å²) in [5.74, 6) is 1.34. The summed E-state index contributed by atoms with van der Waals surface area (Å²) in [6.07, 6.45) is 24.3. The van der Waals surface area contributed by atoms with Crippen LogP contribution in [0.2, 0.25) is 0 Å². The van der Waals surface area contributed by atoms with E-state index >= 15 is 0 Å². The lowest BCUT2D eigenvalue weighted by Gasteiger charge is -2.51. The third-order valence-electron chi connectivity index (χ3n) is 9.70. The minimum atomic E-state index is 0.166. The van der Waals surface area contributed by atoms with Gasteiger partial charge in [-0.15, -0.1) is 0 Å². The second kappa shape index (κ2) is 25.2. The monoisotopic (exact) mass is 593 g/mol. The molecule has 0 aliphatic heterocycles. The summed E-state index contributed by atoms with van der Waals surface area (Å²) in [6, 6.07) is 0.335. The van der Waals surface area contributed by atoms with Crippen molar-refractivity contribution < 1.29 is 9.59 Å². The lowest BCUT2D eigenvalue weighted by Crippen LogP contribution is -2.60. The van der Waals surface area contributed by atoms with Crippen LogP contribution in [0.1, 0.15) is 169 Å². The molecule has 0 saturated heterocycles. The molecular weight excluding hydrogens is 520 g/mol. The molecule has 0 spiro atoms. The number of hydrogen-bond acceptors (Lipinski definition) is 4. The van der Waals surface area contributed by atoms with Gasteiger partial charge in [0.1, 0.15) is 0 Å². The molecule has 0 radical (unpaired) electrons. The Labute approximate surface area is 261 Å². The van der Waals surface area contributed by atoms with Gasteiger partial charge in [0.25, 0.3) is 0 Å². The highest BCUT2D eigenvalue weighted by atomic mass is 16.2. The molecule has 6 nitrogen and oxygen atoms in total. The molecule has 0 bridgehead atoms. The Morgan fingerprint density at radius 1 is 0.571 bits per heavy atom. The molecular formula is C36H72N4O2. The number of carbonyl (C=O) groups excluding carboxylic acids is 2. The fourth-order valence-electron chi connectivity index (χ4n) is 7.42. The fourth-order valence-corrected chi connectivity index (χ4v) is 7.42. The Hall–Kier alpha value is -1.14. The van der Waals surface area contributed by atoms with Crippen molar-refractivity contribution in [3.63, 3.8) is 0 Å². The van der Waals surface area contributed by atoms with E-state index in [2.05, 4.69) is 37.5 Å². The first-order valence-corrected chi connectivity index (χ1v) is 18.5. The number of amides is 2. The zero-order valence-electron chi connectivity index (χ0n) is 28.6. The van der Waals surface area contributed by atoms with Crippen LogP contribution in [0.15, 0.2) is 0 Å². The van der Waals surface area contributed by atoms with Crippen LogP contribution in [0.25, 0.3) is 0 Å². The van der Waals surface area contributed by atoms with Crippen LogP contribution in [0.5, 0.6) is 0 Å². The van der Waals surface area contributed by atoms with Gasteiger partial charge in [0, 0.05) is 57.0 Å². The lowest BCUT2D eigenvalue weighted by molar-refractivity contribution is -0.143. The Bertz CT molecular complexity index is 673. The van der Waals surface area contributed by atoms with Gasteiger partial charge in [0.05, 0.1) is 0 Å². The molecule has 0 aromatic carbocycles. The topological polar surface area (TPSA) is 92.7 Å². The maximum Gasteiger partial charge on any atom is 0.222 e. The van der Waals surface area contributed by atoms with Crippen molar-refractivity contribution in [1.29, 1.82) is 0 Å². The Morgan fingerprint density at radius 2 is 1.02 bits per heavy atom. The summed E-state index contributed by atoms with van der Waals surface area (Å²) in [4.78, 5) is 32.1. The summed E-state index contributed by atoms with van der Waals surface area (Å²) < 4.78 is 0. The quantitative estimate of drug-likeness (QED) is 0.0990. The van der Waals surface area contributed by atoms with E-state index in [1.54, 1.807) is 0 Å². The van der Waals surface area contributed by atoms with Gasteiger partial charge in [-0.25, -0.2) is 0 Å². The fraction of sp³-hybridized carbons (Fsp3) is 0.944. The molecule has 0 heterocycles. The van der Waals surface area contributed by atoms with E-state index < -0.39 is 0 Å². The number of nitrogens with two attached hydrogens (primary N) is 2. The third-order valence-corrected chi connectivity index (χ3v) is 9.70. The van der Waals surface area contributed by atoms with Gasteiger partial charge in [-0.1, -0.05) is 118 Å². The molecule has 42 heavy (non-hydrogen) atoms. The third kappa shape index (κ3) is 14.6. The first-order valence-electron chi connectivity index (χ1n) is 18.5.